The number of amides is 1. The molecule has 28 heavy (non-hydrogen) atoms. The van der Waals surface area contributed by atoms with E-state index in [-0.39, 0.29) is 22.8 Å². The van der Waals surface area contributed by atoms with Crippen LogP contribution in [0.3, 0.4) is 0 Å². The molecule has 6 heteroatoms. The van der Waals surface area contributed by atoms with Crippen molar-refractivity contribution < 1.29 is 4.79 Å². The second-order valence-corrected chi connectivity index (χ2v) is 10.4. The van der Waals surface area contributed by atoms with Crippen LogP contribution in [0.1, 0.15) is 72.8 Å². The second-order valence-electron chi connectivity index (χ2n) is 10.4. The first-order valence-electron chi connectivity index (χ1n) is 10.6. The summed E-state index contributed by atoms with van der Waals surface area (Å²) in [6, 6.07) is 2.50. The van der Waals surface area contributed by atoms with Crippen molar-refractivity contribution in [2.75, 3.05) is 31.1 Å². The number of piperazine rings is 1. The van der Waals surface area contributed by atoms with Crippen LogP contribution in [-0.4, -0.2) is 59.0 Å². The van der Waals surface area contributed by atoms with Crippen LogP contribution in [0.2, 0.25) is 0 Å². The number of aromatic nitrogens is 2. The minimum absolute atomic E-state index is 0.0189. The quantitative estimate of drug-likeness (QED) is 0.861. The van der Waals surface area contributed by atoms with Crippen LogP contribution in [0.5, 0.6) is 0 Å². The first-order valence-corrected chi connectivity index (χ1v) is 10.6. The molecule has 2 aliphatic rings. The number of anilines is 1. The lowest BCUT2D eigenvalue weighted by Crippen LogP contribution is -2.54. The zero-order chi connectivity index (χ0) is 20.7. The highest BCUT2D eigenvalue weighted by Crippen LogP contribution is 2.28. The topological polar surface area (TPSA) is 61.4 Å². The Morgan fingerprint density at radius 3 is 2.14 bits per heavy atom. The Hall–Kier alpha value is -1.69. The number of hydrogen-bond donors (Lipinski definition) is 1. The van der Waals surface area contributed by atoms with Gasteiger partial charge in [-0.05, 0) is 19.8 Å². The molecule has 6 nitrogen and oxygen atoms in total. The third-order valence-corrected chi connectivity index (χ3v) is 5.64. The van der Waals surface area contributed by atoms with Crippen molar-refractivity contribution in [3.8, 4) is 0 Å². The molecule has 0 radical (unpaired) electrons. The fourth-order valence-corrected chi connectivity index (χ4v) is 3.37. The Balaban J connectivity index is 1.71. The maximum absolute atomic E-state index is 12.4. The lowest BCUT2D eigenvalue weighted by atomic mass is 9.90. The van der Waals surface area contributed by atoms with E-state index in [1.54, 1.807) is 0 Å². The first kappa shape index (κ1) is 21.0. The Morgan fingerprint density at radius 2 is 1.64 bits per heavy atom. The van der Waals surface area contributed by atoms with Gasteiger partial charge in [0.1, 0.15) is 11.6 Å². The second kappa shape index (κ2) is 7.62. The Kier molecular flexibility index (Phi) is 5.72. The summed E-state index contributed by atoms with van der Waals surface area (Å²) < 4.78 is 0. The van der Waals surface area contributed by atoms with Crippen LogP contribution in [0, 0.1) is 0 Å². The van der Waals surface area contributed by atoms with E-state index in [0.29, 0.717) is 6.04 Å². The molecular weight excluding hydrogens is 350 g/mol. The molecular formula is C22H37N5O. The Morgan fingerprint density at radius 1 is 1.04 bits per heavy atom. The Bertz CT molecular complexity index is 674. The molecule has 0 spiro atoms. The molecule has 1 saturated carbocycles. The SMILES string of the molecule is CC(C(=O)NC1CC1)N1CCN(c2cc(C(C)(C)C)nc(C(C)(C)C)n2)CC1. The van der Waals surface area contributed by atoms with Crippen molar-refractivity contribution in [3.05, 3.63) is 17.6 Å². The van der Waals surface area contributed by atoms with Gasteiger partial charge < -0.3 is 10.2 Å². The van der Waals surface area contributed by atoms with E-state index >= 15 is 0 Å². The van der Waals surface area contributed by atoms with E-state index in [2.05, 4.69) is 62.7 Å². The van der Waals surface area contributed by atoms with Crippen LogP contribution in [0.25, 0.3) is 0 Å². The first-order chi connectivity index (χ1) is 12.9. The normalized spacial score (nSPS) is 20.2. The number of carbonyl (C=O) groups excluding carboxylic acids is 1. The number of nitrogens with zero attached hydrogens (tertiary/aromatic N) is 4. The van der Waals surface area contributed by atoms with Crippen LogP contribution in [0.15, 0.2) is 6.07 Å². The summed E-state index contributed by atoms with van der Waals surface area (Å²) in [6.07, 6.45) is 2.26. The lowest BCUT2D eigenvalue weighted by molar-refractivity contribution is -0.126. The molecule has 1 N–H and O–H groups in total. The average Bonchev–Trinajstić information content (AvgIpc) is 3.43. The molecule has 0 aromatic carbocycles. The summed E-state index contributed by atoms with van der Waals surface area (Å²) in [5.41, 5.74) is 0.976. The predicted octanol–water partition coefficient (Wildman–Crippen LogP) is 2.86. The zero-order valence-corrected chi connectivity index (χ0v) is 18.7. The fourth-order valence-electron chi connectivity index (χ4n) is 3.37. The van der Waals surface area contributed by atoms with Crippen LogP contribution < -0.4 is 10.2 Å². The van der Waals surface area contributed by atoms with E-state index in [0.717, 1.165) is 56.4 Å². The highest BCUT2D eigenvalue weighted by atomic mass is 16.2. The van der Waals surface area contributed by atoms with Gasteiger partial charge in [0.2, 0.25) is 5.91 Å². The molecule has 1 amide bonds. The molecule has 1 aliphatic heterocycles. The largest absolute Gasteiger partial charge is 0.354 e. The van der Waals surface area contributed by atoms with E-state index in [1.165, 1.54) is 0 Å². The molecule has 1 aromatic rings. The summed E-state index contributed by atoms with van der Waals surface area (Å²) in [5.74, 6) is 2.08. The molecule has 1 atom stereocenters. The molecule has 3 rings (SSSR count). The fraction of sp³-hybridized carbons (Fsp3) is 0.773. The summed E-state index contributed by atoms with van der Waals surface area (Å²) in [6.45, 7) is 18.6. The summed E-state index contributed by atoms with van der Waals surface area (Å²) >= 11 is 0. The predicted molar refractivity (Wildman–Crippen MR) is 114 cm³/mol. The van der Waals surface area contributed by atoms with Crippen LogP contribution in [0.4, 0.5) is 5.82 Å². The van der Waals surface area contributed by atoms with Gasteiger partial charge in [0.15, 0.2) is 0 Å². The average molecular weight is 388 g/mol. The third kappa shape index (κ3) is 5.02. The van der Waals surface area contributed by atoms with Crippen molar-refractivity contribution >= 4 is 11.7 Å². The number of hydrogen-bond acceptors (Lipinski definition) is 5. The third-order valence-electron chi connectivity index (χ3n) is 5.64. The van der Waals surface area contributed by atoms with Crippen molar-refractivity contribution in [1.29, 1.82) is 0 Å². The molecule has 2 heterocycles. The zero-order valence-electron chi connectivity index (χ0n) is 18.7. The lowest BCUT2D eigenvalue weighted by Gasteiger charge is -2.38. The van der Waals surface area contributed by atoms with Crippen molar-refractivity contribution in [3.63, 3.8) is 0 Å². The maximum atomic E-state index is 12.4. The number of nitrogens with one attached hydrogen (secondary N) is 1. The molecule has 1 unspecified atom stereocenters. The monoisotopic (exact) mass is 387 g/mol. The number of rotatable bonds is 4. The van der Waals surface area contributed by atoms with E-state index in [4.69, 9.17) is 9.97 Å². The molecule has 2 fully saturated rings. The van der Waals surface area contributed by atoms with Crippen molar-refractivity contribution in [2.45, 2.75) is 84.2 Å². The standard InChI is InChI=1S/C22H37N5O/c1-15(19(28)23-16-8-9-16)26-10-12-27(13-11-26)18-14-17(21(2,3)4)24-20(25-18)22(5,6)7/h14-16H,8-13H2,1-7H3,(H,23,28). The summed E-state index contributed by atoms with van der Waals surface area (Å²) in [7, 11) is 0. The van der Waals surface area contributed by atoms with Gasteiger partial charge in [-0.2, -0.15) is 0 Å². The summed E-state index contributed by atoms with van der Waals surface area (Å²) in [5, 5.41) is 3.13. The molecule has 0 bridgehead atoms. The van der Waals surface area contributed by atoms with Crippen molar-refractivity contribution in [1.82, 2.24) is 20.2 Å². The van der Waals surface area contributed by atoms with Gasteiger partial charge in [-0.1, -0.05) is 41.5 Å². The van der Waals surface area contributed by atoms with Gasteiger partial charge in [-0.15, -0.1) is 0 Å². The van der Waals surface area contributed by atoms with Crippen molar-refractivity contribution in [2.24, 2.45) is 0 Å². The van der Waals surface area contributed by atoms with Gasteiger partial charge >= 0.3 is 0 Å². The molecule has 1 aliphatic carbocycles. The van der Waals surface area contributed by atoms with Gasteiger partial charge in [0.25, 0.3) is 0 Å². The molecule has 1 aromatic heterocycles. The number of carbonyl (C=O) groups is 1. The van der Waals surface area contributed by atoms with Gasteiger partial charge in [-0.3, -0.25) is 9.69 Å². The summed E-state index contributed by atoms with van der Waals surface area (Å²) in [4.78, 5) is 26.8. The Labute approximate surface area is 170 Å². The minimum atomic E-state index is -0.0900. The van der Waals surface area contributed by atoms with Gasteiger partial charge in [0.05, 0.1) is 11.7 Å². The molecule has 156 valence electrons. The highest BCUT2D eigenvalue weighted by molar-refractivity contribution is 5.81. The smallest absolute Gasteiger partial charge is 0.237 e. The van der Waals surface area contributed by atoms with Crippen LogP contribution in [-0.2, 0) is 15.6 Å². The maximum Gasteiger partial charge on any atom is 0.237 e. The van der Waals surface area contributed by atoms with E-state index < -0.39 is 0 Å². The minimum Gasteiger partial charge on any atom is -0.354 e. The van der Waals surface area contributed by atoms with Gasteiger partial charge in [-0.25, -0.2) is 9.97 Å². The van der Waals surface area contributed by atoms with Gasteiger partial charge in [0, 0.05) is 49.1 Å². The van der Waals surface area contributed by atoms with Crippen LogP contribution >= 0.6 is 0 Å². The van der Waals surface area contributed by atoms with E-state index in [9.17, 15) is 4.79 Å². The molecule has 1 saturated heterocycles. The van der Waals surface area contributed by atoms with E-state index in [1.807, 2.05) is 6.92 Å². The highest BCUT2D eigenvalue weighted by Gasteiger charge is 2.31.